The van der Waals surface area contributed by atoms with Crippen molar-refractivity contribution in [3.63, 3.8) is 0 Å². The smallest absolute Gasteiger partial charge is 0.315 e. The number of thioether (sulfide) groups is 1. The first kappa shape index (κ1) is 20.0. The monoisotopic (exact) mass is 397 g/mol. The van der Waals surface area contributed by atoms with E-state index < -0.39 is 0 Å². The maximum Gasteiger partial charge on any atom is 0.315 e. The lowest BCUT2D eigenvalue weighted by molar-refractivity contribution is -0.139. The number of benzene rings is 1. The molecule has 0 spiro atoms. The Labute approximate surface area is 159 Å². The summed E-state index contributed by atoms with van der Waals surface area (Å²) in [6, 6.07) is 5.35. The molecule has 0 fully saturated rings. The Bertz CT molecular complexity index is 766. The SMILES string of the molecule is CCOC(=O)CSCC(=O)Nc1nnc(-c2cc(OC)ccc2OC)s1. The molecule has 0 saturated heterocycles. The van der Waals surface area contributed by atoms with Crippen LogP contribution in [0, 0.1) is 0 Å². The maximum absolute atomic E-state index is 11.9. The average Bonchev–Trinajstić information content (AvgIpc) is 3.09. The summed E-state index contributed by atoms with van der Waals surface area (Å²) in [5.41, 5.74) is 0.724. The first-order chi connectivity index (χ1) is 12.6. The van der Waals surface area contributed by atoms with Crippen molar-refractivity contribution in [2.75, 3.05) is 37.6 Å². The third kappa shape index (κ3) is 5.60. The van der Waals surface area contributed by atoms with Crippen molar-refractivity contribution >= 4 is 40.1 Å². The maximum atomic E-state index is 11.9. The normalized spacial score (nSPS) is 10.3. The van der Waals surface area contributed by atoms with Crippen molar-refractivity contribution in [3.05, 3.63) is 18.2 Å². The largest absolute Gasteiger partial charge is 0.497 e. The summed E-state index contributed by atoms with van der Waals surface area (Å²) in [4.78, 5) is 23.2. The van der Waals surface area contributed by atoms with Gasteiger partial charge in [-0.2, -0.15) is 0 Å². The number of nitrogens with zero attached hydrogens (tertiary/aromatic N) is 2. The van der Waals surface area contributed by atoms with Gasteiger partial charge in [0, 0.05) is 0 Å². The van der Waals surface area contributed by atoms with Crippen LogP contribution >= 0.6 is 23.1 Å². The Hall–Kier alpha value is -2.33. The van der Waals surface area contributed by atoms with Crippen LogP contribution in [0.15, 0.2) is 18.2 Å². The van der Waals surface area contributed by atoms with E-state index in [0.29, 0.717) is 28.2 Å². The highest BCUT2D eigenvalue weighted by Crippen LogP contribution is 2.36. The summed E-state index contributed by atoms with van der Waals surface area (Å²) in [5, 5.41) is 11.7. The first-order valence-electron chi connectivity index (χ1n) is 7.66. The van der Waals surface area contributed by atoms with Crippen LogP contribution in [0.3, 0.4) is 0 Å². The van der Waals surface area contributed by atoms with E-state index in [1.807, 2.05) is 0 Å². The number of anilines is 1. The van der Waals surface area contributed by atoms with Crippen LogP contribution in [0.5, 0.6) is 11.5 Å². The molecule has 1 aromatic carbocycles. The summed E-state index contributed by atoms with van der Waals surface area (Å²) in [6.45, 7) is 2.06. The molecule has 2 rings (SSSR count). The van der Waals surface area contributed by atoms with Crippen LogP contribution < -0.4 is 14.8 Å². The highest BCUT2D eigenvalue weighted by molar-refractivity contribution is 8.00. The zero-order chi connectivity index (χ0) is 18.9. The van der Waals surface area contributed by atoms with Gasteiger partial charge < -0.3 is 14.2 Å². The highest BCUT2D eigenvalue weighted by atomic mass is 32.2. The Morgan fingerprint density at radius 1 is 1.19 bits per heavy atom. The summed E-state index contributed by atoms with van der Waals surface area (Å²) in [7, 11) is 3.14. The highest BCUT2D eigenvalue weighted by Gasteiger charge is 2.15. The number of nitrogens with one attached hydrogen (secondary N) is 1. The van der Waals surface area contributed by atoms with Gasteiger partial charge in [0.2, 0.25) is 11.0 Å². The van der Waals surface area contributed by atoms with Crippen molar-refractivity contribution in [3.8, 4) is 22.1 Å². The number of aromatic nitrogens is 2. The van der Waals surface area contributed by atoms with Crippen LogP contribution in [-0.4, -0.2) is 54.4 Å². The second kappa shape index (κ2) is 9.97. The lowest BCUT2D eigenvalue weighted by Gasteiger charge is -2.07. The average molecular weight is 397 g/mol. The van der Waals surface area contributed by atoms with Crippen LogP contribution in [0.2, 0.25) is 0 Å². The minimum atomic E-state index is -0.339. The Morgan fingerprint density at radius 2 is 2.00 bits per heavy atom. The van der Waals surface area contributed by atoms with E-state index in [4.69, 9.17) is 14.2 Å². The fourth-order valence-electron chi connectivity index (χ4n) is 1.95. The lowest BCUT2D eigenvalue weighted by atomic mass is 10.2. The van der Waals surface area contributed by atoms with Crippen molar-refractivity contribution in [2.45, 2.75) is 6.92 Å². The fraction of sp³-hybridized carbons (Fsp3) is 0.375. The first-order valence-corrected chi connectivity index (χ1v) is 9.63. The minimum absolute atomic E-state index is 0.121. The van der Waals surface area contributed by atoms with Gasteiger partial charge in [0.05, 0.1) is 37.9 Å². The number of methoxy groups -OCH3 is 2. The number of carbonyl (C=O) groups excluding carboxylic acids is 2. The zero-order valence-electron chi connectivity index (χ0n) is 14.6. The van der Waals surface area contributed by atoms with Gasteiger partial charge >= 0.3 is 5.97 Å². The molecule has 1 aromatic heterocycles. The molecule has 0 aliphatic heterocycles. The van der Waals surface area contributed by atoms with Gasteiger partial charge in [-0.25, -0.2) is 0 Å². The summed E-state index contributed by atoms with van der Waals surface area (Å²) >= 11 is 2.40. The number of hydrogen-bond acceptors (Lipinski definition) is 9. The second-order valence-electron chi connectivity index (χ2n) is 4.82. The molecule has 0 unspecified atom stereocenters. The third-order valence-corrected chi connectivity index (χ3v) is 4.84. The zero-order valence-corrected chi connectivity index (χ0v) is 16.2. The number of rotatable bonds is 9. The van der Waals surface area contributed by atoms with E-state index >= 15 is 0 Å². The van der Waals surface area contributed by atoms with Crippen LogP contribution in [0.1, 0.15) is 6.92 Å². The minimum Gasteiger partial charge on any atom is -0.497 e. The molecule has 8 nitrogen and oxygen atoms in total. The number of esters is 1. The van der Waals surface area contributed by atoms with E-state index in [2.05, 4.69) is 15.5 Å². The predicted octanol–water partition coefficient (Wildman–Crippen LogP) is 2.46. The van der Waals surface area contributed by atoms with E-state index in [1.165, 1.54) is 23.1 Å². The molecule has 1 amide bonds. The van der Waals surface area contributed by atoms with Crippen LogP contribution in [-0.2, 0) is 14.3 Å². The van der Waals surface area contributed by atoms with Crippen molar-refractivity contribution in [1.82, 2.24) is 10.2 Å². The van der Waals surface area contributed by atoms with Crippen molar-refractivity contribution in [1.29, 1.82) is 0 Å². The molecule has 10 heteroatoms. The van der Waals surface area contributed by atoms with Crippen LogP contribution in [0.25, 0.3) is 10.6 Å². The molecule has 0 atom stereocenters. The van der Waals surface area contributed by atoms with Gasteiger partial charge in [0.1, 0.15) is 11.5 Å². The lowest BCUT2D eigenvalue weighted by Crippen LogP contribution is -2.16. The van der Waals surface area contributed by atoms with Gasteiger partial charge in [-0.05, 0) is 25.1 Å². The Morgan fingerprint density at radius 3 is 2.69 bits per heavy atom. The Balaban J connectivity index is 1.97. The number of ether oxygens (including phenoxy) is 3. The number of amides is 1. The Kier molecular flexibility index (Phi) is 7.67. The van der Waals surface area contributed by atoms with Crippen molar-refractivity contribution in [2.24, 2.45) is 0 Å². The predicted molar refractivity (Wildman–Crippen MR) is 101 cm³/mol. The molecule has 140 valence electrons. The van der Waals surface area contributed by atoms with E-state index in [-0.39, 0.29) is 23.4 Å². The second-order valence-corrected chi connectivity index (χ2v) is 6.79. The van der Waals surface area contributed by atoms with Crippen molar-refractivity contribution < 1.29 is 23.8 Å². The quantitative estimate of drug-likeness (QED) is 0.644. The molecular weight excluding hydrogens is 378 g/mol. The van der Waals surface area contributed by atoms with Gasteiger partial charge in [0.15, 0.2) is 5.01 Å². The summed E-state index contributed by atoms with van der Waals surface area (Å²) < 4.78 is 15.4. The molecule has 0 saturated carbocycles. The van der Waals surface area contributed by atoms with Gasteiger partial charge in [-0.15, -0.1) is 22.0 Å². The van der Waals surface area contributed by atoms with Gasteiger partial charge in [-0.3, -0.25) is 14.9 Å². The molecule has 0 aliphatic rings. The molecule has 2 aromatic rings. The van der Waals surface area contributed by atoms with Gasteiger partial charge in [-0.1, -0.05) is 11.3 Å². The summed E-state index contributed by atoms with van der Waals surface area (Å²) in [5.74, 6) is 0.940. The number of carbonyl (C=O) groups is 2. The fourth-order valence-corrected chi connectivity index (χ4v) is 3.34. The molecule has 26 heavy (non-hydrogen) atoms. The van der Waals surface area contributed by atoms with Crippen LogP contribution in [0.4, 0.5) is 5.13 Å². The van der Waals surface area contributed by atoms with Gasteiger partial charge in [0.25, 0.3) is 0 Å². The number of hydrogen-bond donors (Lipinski definition) is 1. The third-order valence-electron chi connectivity index (χ3n) is 3.07. The molecule has 1 N–H and O–H groups in total. The van der Waals surface area contributed by atoms with E-state index in [1.54, 1.807) is 39.3 Å². The standard InChI is InChI=1S/C16H19N3O5S2/c1-4-24-14(21)9-25-8-13(20)17-16-19-18-15(26-16)11-7-10(22-2)5-6-12(11)23-3/h5-7H,4,8-9H2,1-3H3,(H,17,19,20). The molecule has 0 radical (unpaired) electrons. The van der Waals surface area contributed by atoms with E-state index in [9.17, 15) is 9.59 Å². The molecule has 0 aliphatic carbocycles. The topological polar surface area (TPSA) is 99.6 Å². The molecule has 1 heterocycles. The molecule has 0 bridgehead atoms. The summed E-state index contributed by atoms with van der Waals surface area (Å²) in [6.07, 6.45) is 0. The molecular formula is C16H19N3O5S2. The van der Waals surface area contributed by atoms with E-state index in [0.717, 1.165) is 5.56 Å².